The van der Waals surface area contributed by atoms with E-state index in [1.807, 2.05) is 7.05 Å². The maximum absolute atomic E-state index is 12.6. The monoisotopic (exact) mass is 411 g/mol. The van der Waals surface area contributed by atoms with Crippen LogP contribution in [0.15, 0.2) is 17.5 Å². The number of carbonyl (C=O) groups is 1. The first-order chi connectivity index (χ1) is 11.1. The number of β-amino-alcohol motifs (C(OH)–C–C–N with tert-alkyl or cyclic N) is 1. The van der Waals surface area contributed by atoms with E-state index in [0.717, 1.165) is 26.3 Å². The largest absolute Gasteiger partial charge is 0.392 e. The van der Waals surface area contributed by atoms with Crippen LogP contribution < -0.4 is 5.32 Å². The molecule has 2 aliphatic rings. The molecule has 1 aromatic heterocycles. The molecule has 3 atom stereocenters. The SMILES string of the molecule is CN(CC(c1cccs1)N1CCOCC1)C(=O)C1CC(O)CN1.Cl.Cl. The number of nitrogens with zero attached hydrogens (tertiary/aromatic N) is 2. The average Bonchev–Trinajstić information content (AvgIpc) is 3.24. The molecule has 2 N–H and O–H groups in total. The van der Waals surface area contributed by atoms with Crippen molar-refractivity contribution >= 4 is 42.1 Å². The predicted molar refractivity (Wildman–Crippen MR) is 104 cm³/mol. The number of halogens is 2. The van der Waals surface area contributed by atoms with Crippen LogP contribution in [0.5, 0.6) is 0 Å². The number of morpholine rings is 1. The van der Waals surface area contributed by atoms with Crippen molar-refractivity contribution in [2.24, 2.45) is 0 Å². The Morgan fingerprint density at radius 3 is 2.76 bits per heavy atom. The van der Waals surface area contributed by atoms with Gasteiger partial charge in [-0.2, -0.15) is 0 Å². The van der Waals surface area contributed by atoms with Crippen molar-refractivity contribution in [1.82, 2.24) is 15.1 Å². The molecule has 0 aromatic carbocycles. The van der Waals surface area contributed by atoms with Gasteiger partial charge in [0.05, 0.1) is 31.4 Å². The Labute approximate surface area is 165 Å². The van der Waals surface area contributed by atoms with Gasteiger partial charge in [0, 0.05) is 38.1 Å². The fraction of sp³-hybridized carbons (Fsp3) is 0.688. The van der Waals surface area contributed by atoms with Crippen molar-refractivity contribution in [1.29, 1.82) is 0 Å². The van der Waals surface area contributed by atoms with Gasteiger partial charge in [-0.05, 0) is 17.9 Å². The van der Waals surface area contributed by atoms with E-state index >= 15 is 0 Å². The van der Waals surface area contributed by atoms with Crippen LogP contribution in [0.3, 0.4) is 0 Å². The molecule has 9 heteroatoms. The number of aliphatic hydroxyl groups is 1. The number of hydrogen-bond donors (Lipinski definition) is 2. The third-order valence-electron chi connectivity index (χ3n) is 4.59. The number of thiophene rings is 1. The molecular weight excluding hydrogens is 385 g/mol. The van der Waals surface area contributed by atoms with Crippen LogP contribution in [-0.4, -0.2) is 79.4 Å². The minimum atomic E-state index is -0.412. The second-order valence-electron chi connectivity index (χ2n) is 6.25. The van der Waals surface area contributed by atoms with E-state index in [1.54, 1.807) is 16.2 Å². The third-order valence-corrected chi connectivity index (χ3v) is 5.56. The van der Waals surface area contributed by atoms with Gasteiger partial charge in [-0.15, -0.1) is 36.2 Å². The van der Waals surface area contributed by atoms with Crippen molar-refractivity contribution in [2.75, 3.05) is 46.4 Å². The summed E-state index contributed by atoms with van der Waals surface area (Å²) in [6.45, 7) is 4.44. The number of ether oxygens (including phenoxy) is 1. The van der Waals surface area contributed by atoms with Crippen LogP contribution in [-0.2, 0) is 9.53 Å². The second kappa shape index (κ2) is 10.7. The topological polar surface area (TPSA) is 65.0 Å². The van der Waals surface area contributed by atoms with E-state index < -0.39 is 6.10 Å². The Morgan fingerprint density at radius 1 is 1.48 bits per heavy atom. The lowest BCUT2D eigenvalue weighted by atomic mass is 10.1. The first-order valence-corrected chi connectivity index (χ1v) is 9.04. The van der Waals surface area contributed by atoms with Crippen LogP contribution in [0.25, 0.3) is 0 Å². The Morgan fingerprint density at radius 2 is 2.20 bits per heavy atom. The highest BCUT2D eigenvalue weighted by Gasteiger charge is 2.32. The van der Waals surface area contributed by atoms with Crippen LogP contribution >= 0.6 is 36.2 Å². The molecule has 0 bridgehead atoms. The molecule has 0 spiro atoms. The predicted octanol–water partition coefficient (Wildman–Crippen LogP) is 1.15. The lowest BCUT2D eigenvalue weighted by Crippen LogP contribution is -2.47. The van der Waals surface area contributed by atoms with E-state index in [-0.39, 0.29) is 42.8 Å². The van der Waals surface area contributed by atoms with Gasteiger partial charge in [0.15, 0.2) is 0 Å². The van der Waals surface area contributed by atoms with Gasteiger partial charge in [-0.1, -0.05) is 6.07 Å². The standard InChI is InChI=1S/C16H25N3O3S.2ClH/c1-18(16(21)13-9-12(20)10-17-13)11-14(15-3-2-8-23-15)19-4-6-22-7-5-19;;/h2-3,8,12-14,17,20H,4-7,9-11H2,1H3;2*1H. The third kappa shape index (κ3) is 5.79. The molecule has 6 nitrogen and oxygen atoms in total. The Kier molecular flexibility index (Phi) is 9.66. The molecule has 2 fully saturated rings. The van der Waals surface area contributed by atoms with Gasteiger partial charge in [-0.3, -0.25) is 9.69 Å². The fourth-order valence-electron chi connectivity index (χ4n) is 3.28. The molecule has 144 valence electrons. The highest BCUT2D eigenvalue weighted by atomic mass is 35.5. The number of likely N-dealkylation sites (N-methyl/N-ethyl adjacent to an activating group) is 1. The summed E-state index contributed by atoms with van der Waals surface area (Å²) in [4.78, 5) is 18.1. The number of rotatable bonds is 5. The molecular formula is C16H27Cl2N3O3S. The molecule has 0 radical (unpaired) electrons. The summed E-state index contributed by atoms with van der Waals surface area (Å²) in [5.74, 6) is 0.0661. The number of carbonyl (C=O) groups excluding carboxylic acids is 1. The summed E-state index contributed by atoms with van der Waals surface area (Å²) < 4.78 is 5.46. The van der Waals surface area contributed by atoms with Crippen molar-refractivity contribution < 1.29 is 14.6 Å². The van der Waals surface area contributed by atoms with Crippen molar-refractivity contribution in [2.45, 2.75) is 24.6 Å². The zero-order valence-electron chi connectivity index (χ0n) is 14.3. The Bertz CT molecular complexity index is 515. The summed E-state index contributed by atoms with van der Waals surface area (Å²) >= 11 is 1.73. The quantitative estimate of drug-likeness (QED) is 0.760. The number of aliphatic hydroxyl groups excluding tert-OH is 1. The lowest BCUT2D eigenvalue weighted by Gasteiger charge is -2.36. The first-order valence-electron chi connectivity index (χ1n) is 8.17. The van der Waals surface area contributed by atoms with Crippen molar-refractivity contribution in [3.05, 3.63) is 22.4 Å². The molecule has 2 aliphatic heterocycles. The van der Waals surface area contributed by atoms with Gasteiger partial charge >= 0.3 is 0 Å². The normalized spacial score (nSPS) is 24.9. The fourth-order valence-corrected chi connectivity index (χ4v) is 4.13. The molecule has 25 heavy (non-hydrogen) atoms. The number of hydrogen-bond acceptors (Lipinski definition) is 6. The van der Waals surface area contributed by atoms with Gasteiger partial charge < -0.3 is 20.1 Å². The highest BCUT2D eigenvalue weighted by molar-refractivity contribution is 7.10. The zero-order valence-corrected chi connectivity index (χ0v) is 16.7. The van der Waals surface area contributed by atoms with E-state index in [2.05, 4.69) is 27.7 Å². The molecule has 1 amide bonds. The van der Waals surface area contributed by atoms with Gasteiger partial charge in [0.25, 0.3) is 0 Å². The summed E-state index contributed by atoms with van der Waals surface area (Å²) in [5, 5.41) is 14.8. The molecule has 3 rings (SSSR count). The summed E-state index contributed by atoms with van der Waals surface area (Å²) in [6, 6.07) is 4.15. The van der Waals surface area contributed by atoms with Gasteiger partial charge in [-0.25, -0.2) is 0 Å². The van der Waals surface area contributed by atoms with Crippen molar-refractivity contribution in [3.8, 4) is 0 Å². The summed E-state index contributed by atoms with van der Waals surface area (Å²) in [5.41, 5.74) is 0. The Hall–Kier alpha value is -0.410. The molecule has 2 saturated heterocycles. The van der Waals surface area contributed by atoms with E-state index in [4.69, 9.17) is 4.74 Å². The second-order valence-corrected chi connectivity index (χ2v) is 7.23. The molecule has 1 aromatic rings. The van der Waals surface area contributed by atoms with E-state index in [0.29, 0.717) is 19.5 Å². The summed E-state index contributed by atoms with van der Waals surface area (Å²) in [6.07, 6.45) is 0.0920. The minimum Gasteiger partial charge on any atom is -0.392 e. The number of nitrogens with one attached hydrogen (secondary N) is 1. The molecule has 3 unspecified atom stereocenters. The van der Waals surface area contributed by atoms with Gasteiger partial charge in [0.2, 0.25) is 5.91 Å². The van der Waals surface area contributed by atoms with Crippen LogP contribution in [0.1, 0.15) is 17.3 Å². The molecule has 3 heterocycles. The maximum atomic E-state index is 12.6. The lowest BCUT2D eigenvalue weighted by molar-refractivity contribution is -0.133. The van der Waals surface area contributed by atoms with Crippen LogP contribution in [0.4, 0.5) is 0 Å². The minimum absolute atomic E-state index is 0. The Balaban J connectivity index is 0.00000156. The van der Waals surface area contributed by atoms with Crippen molar-refractivity contribution in [3.63, 3.8) is 0 Å². The van der Waals surface area contributed by atoms with Crippen LogP contribution in [0.2, 0.25) is 0 Å². The van der Waals surface area contributed by atoms with Crippen LogP contribution in [0, 0.1) is 0 Å². The van der Waals surface area contributed by atoms with E-state index in [1.165, 1.54) is 4.88 Å². The highest BCUT2D eigenvalue weighted by Crippen LogP contribution is 2.27. The molecule has 0 aliphatic carbocycles. The maximum Gasteiger partial charge on any atom is 0.239 e. The number of amides is 1. The smallest absolute Gasteiger partial charge is 0.239 e. The zero-order chi connectivity index (χ0) is 16.2. The first kappa shape index (κ1) is 22.6. The van der Waals surface area contributed by atoms with E-state index in [9.17, 15) is 9.90 Å². The summed E-state index contributed by atoms with van der Waals surface area (Å²) in [7, 11) is 1.86. The van der Waals surface area contributed by atoms with Gasteiger partial charge in [0.1, 0.15) is 0 Å². The molecule has 0 saturated carbocycles. The average molecular weight is 412 g/mol.